The van der Waals surface area contributed by atoms with Crippen molar-refractivity contribution in [2.24, 2.45) is 0 Å². The van der Waals surface area contributed by atoms with E-state index in [4.69, 9.17) is 9.97 Å². The maximum Gasteiger partial charge on any atom is 0.0998 e. The number of pyridine rings is 4. The Morgan fingerprint density at radius 1 is 0.531 bits per heavy atom. The van der Waals surface area contributed by atoms with Gasteiger partial charge in [-0.1, -0.05) is 19.1 Å². The predicted octanol–water partition coefficient (Wildman–Crippen LogP) is 9.16. The molecule has 0 saturated heterocycles. The Labute approximate surface area is 298 Å². The van der Waals surface area contributed by atoms with Gasteiger partial charge in [0.25, 0.3) is 0 Å². The molecule has 0 bridgehead atoms. The van der Waals surface area contributed by atoms with Gasteiger partial charge in [0.2, 0.25) is 0 Å². The first-order valence-electron chi connectivity index (χ1n) is 15.7. The topological polar surface area (TPSA) is 97.6 Å². The van der Waals surface area contributed by atoms with Gasteiger partial charge in [0.05, 0.1) is 37.1 Å². The minimum Gasteiger partial charge on any atom is -0.392 e. The van der Waals surface area contributed by atoms with Crippen LogP contribution in [0.1, 0.15) is 39.5 Å². The smallest absolute Gasteiger partial charge is 0.0998 e. The van der Waals surface area contributed by atoms with Gasteiger partial charge < -0.3 is 5.11 Å². The second-order valence-electron chi connectivity index (χ2n) is 11.2. The minimum atomic E-state index is 0. The Balaban J connectivity index is 0.000000167. The third kappa shape index (κ3) is 8.39. The van der Waals surface area contributed by atoms with Crippen LogP contribution in [0.25, 0.3) is 42.7 Å². The van der Waals surface area contributed by atoms with E-state index in [1.54, 1.807) is 41.3 Å². The highest BCUT2D eigenvalue weighted by Gasteiger charge is 2.10. The van der Waals surface area contributed by atoms with Crippen LogP contribution in [0.2, 0.25) is 0 Å². The summed E-state index contributed by atoms with van der Waals surface area (Å²) in [7, 11) is 0. The summed E-state index contributed by atoms with van der Waals surface area (Å²) >= 11 is 3.43. The van der Waals surface area contributed by atoms with Gasteiger partial charge in [0.1, 0.15) is 0 Å². The molecule has 49 heavy (non-hydrogen) atoms. The highest BCUT2D eigenvalue weighted by molar-refractivity contribution is 7.18. The maximum absolute atomic E-state index is 9.24. The summed E-state index contributed by atoms with van der Waals surface area (Å²) in [6.45, 7) is 2.20. The molecule has 1 N–H and O–H groups in total. The molecule has 10 heteroatoms. The lowest BCUT2D eigenvalue weighted by molar-refractivity contribution is 0.281. The van der Waals surface area contributed by atoms with Gasteiger partial charge in [-0.2, -0.15) is 0 Å². The van der Waals surface area contributed by atoms with Crippen molar-refractivity contribution in [3.63, 3.8) is 0 Å². The molecule has 6 aromatic heterocycles. The fourth-order valence-corrected chi connectivity index (χ4v) is 7.47. The normalized spacial score (nSPS) is 10.8. The van der Waals surface area contributed by atoms with Gasteiger partial charge in [-0.05, 0) is 113 Å². The van der Waals surface area contributed by atoms with Gasteiger partial charge in [-0.15, -0.1) is 35.1 Å². The zero-order valence-corrected chi connectivity index (χ0v) is 29.2. The largest absolute Gasteiger partial charge is 0.392 e. The second-order valence-corrected chi connectivity index (χ2v) is 13.5. The molecule has 0 saturated carbocycles. The Hall–Kier alpha value is -4.93. The molecule has 0 aliphatic rings. The average molecular weight is 701 g/mol. The van der Waals surface area contributed by atoms with Crippen LogP contribution in [0.4, 0.5) is 0 Å². The van der Waals surface area contributed by atoms with Crippen LogP contribution in [-0.4, -0.2) is 35.0 Å². The highest BCUT2D eigenvalue weighted by atomic mass is 35.5. The van der Waals surface area contributed by atoms with E-state index in [-0.39, 0.29) is 19.0 Å². The number of halogens is 1. The van der Waals surface area contributed by atoms with Crippen LogP contribution in [0.5, 0.6) is 0 Å². The van der Waals surface area contributed by atoms with Crippen LogP contribution in [0.3, 0.4) is 0 Å². The second kappa shape index (κ2) is 16.0. The van der Waals surface area contributed by atoms with Crippen molar-refractivity contribution in [2.45, 2.75) is 32.8 Å². The van der Waals surface area contributed by atoms with Gasteiger partial charge >= 0.3 is 0 Å². The van der Waals surface area contributed by atoms with Crippen LogP contribution in [-0.2, 0) is 25.9 Å². The van der Waals surface area contributed by atoms with E-state index in [9.17, 15) is 5.11 Å². The van der Waals surface area contributed by atoms with Crippen LogP contribution >= 0.6 is 35.1 Å². The number of rotatable bonds is 8. The van der Waals surface area contributed by atoms with Crippen molar-refractivity contribution in [1.82, 2.24) is 29.9 Å². The summed E-state index contributed by atoms with van der Waals surface area (Å²) in [4.78, 5) is 26.5. The van der Waals surface area contributed by atoms with Crippen molar-refractivity contribution >= 4 is 55.5 Å². The van der Waals surface area contributed by atoms with E-state index < -0.39 is 0 Å². The number of fused-ring (bicyclic) bond motifs is 2. The number of aliphatic hydroxyl groups excluding tert-OH is 1. The first-order chi connectivity index (χ1) is 23.6. The fourth-order valence-electron chi connectivity index (χ4n) is 5.42. The molecule has 244 valence electrons. The monoisotopic (exact) mass is 700 g/mol. The first kappa shape index (κ1) is 34.0. The lowest BCUT2D eigenvalue weighted by Crippen LogP contribution is -1.93. The average Bonchev–Trinajstić information content (AvgIpc) is 3.74. The molecule has 2 aromatic carbocycles. The summed E-state index contributed by atoms with van der Waals surface area (Å²) in [5, 5.41) is 11.4. The van der Waals surface area contributed by atoms with E-state index in [1.807, 2.05) is 55.0 Å². The lowest BCUT2D eigenvalue weighted by Gasteiger charge is -2.00. The molecular weight excluding hydrogens is 668 g/mol. The lowest BCUT2D eigenvalue weighted by atomic mass is 10.1. The van der Waals surface area contributed by atoms with Crippen LogP contribution in [0.15, 0.2) is 122 Å². The predicted molar refractivity (Wildman–Crippen MR) is 202 cm³/mol. The van der Waals surface area contributed by atoms with E-state index in [1.165, 1.54) is 27.0 Å². The van der Waals surface area contributed by atoms with Crippen molar-refractivity contribution in [3.05, 3.63) is 155 Å². The molecule has 0 aliphatic carbocycles. The van der Waals surface area contributed by atoms with Gasteiger partial charge in [-0.3, -0.25) is 19.9 Å². The number of aromatic nitrogens is 6. The van der Waals surface area contributed by atoms with Crippen molar-refractivity contribution in [2.75, 3.05) is 0 Å². The summed E-state index contributed by atoms with van der Waals surface area (Å²) in [6.07, 6.45) is 13.4. The Bertz CT molecular complexity index is 2130. The molecule has 0 amide bonds. The van der Waals surface area contributed by atoms with E-state index in [0.29, 0.717) is 6.42 Å². The number of benzene rings is 2. The number of aliphatic hydroxyl groups is 1. The zero-order chi connectivity index (χ0) is 32.7. The summed E-state index contributed by atoms with van der Waals surface area (Å²) in [5.74, 6) is 0. The molecule has 0 radical (unpaired) electrons. The Kier molecular flexibility index (Phi) is 11.1. The number of hydrogen-bond acceptors (Lipinski definition) is 9. The summed E-state index contributed by atoms with van der Waals surface area (Å²) in [5.41, 5.74) is 11.0. The Morgan fingerprint density at radius 3 is 1.47 bits per heavy atom. The van der Waals surface area contributed by atoms with Gasteiger partial charge in [-0.25, -0.2) is 9.97 Å². The molecular formula is C39H33ClN6OS2. The molecule has 0 aliphatic heterocycles. The number of nitrogens with zero attached hydrogens (tertiary/aromatic N) is 6. The number of thiazole rings is 2. The zero-order valence-electron chi connectivity index (χ0n) is 26.7. The fraction of sp³-hybridized carbons (Fsp3) is 0.128. The van der Waals surface area contributed by atoms with Crippen LogP contribution in [0, 0.1) is 0 Å². The van der Waals surface area contributed by atoms with E-state index >= 15 is 0 Å². The van der Waals surface area contributed by atoms with Crippen LogP contribution < -0.4 is 0 Å². The standard InChI is InChI=1S/C20H17N3S.C19H15N3OS.ClH/c1-2-14-5-10-22-17(11-14)13-20-23-18-4-3-16(12-19(18)24-20)15-6-8-21-9-7-15;23-12-13-3-8-21-16(9-13)11-19-22-17-2-1-15(10-18(17)24-19)14-4-6-20-7-5-14;/h3-12H,2,13H2,1H3;1-10,23H,11-12H2;1H. The van der Waals surface area contributed by atoms with E-state index in [2.05, 4.69) is 75.4 Å². The Morgan fingerprint density at radius 2 is 1.00 bits per heavy atom. The number of aryl methyl sites for hydroxylation is 1. The van der Waals surface area contributed by atoms with Gasteiger partial charge in [0.15, 0.2) is 0 Å². The molecule has 8 aromatic rings. The quantitative estimate of drug-likeness (QED) is 0.169. The minimum absolute atomic E-state index is 0. The third-order valence-corrected chi connectivity index (χ3v) is 9.95. The SMILES string of the molecule is CCc1ccnc(Cc2nc3ccc(-c4ccncc4)cc3s2)c1.Cl.OCc1ccnc(Cc2nc3ccc(-c4ccncc4)cc3s2)c1. The number of hydrogen-bond donors (Lipinski definition) is 1. The molecule has 0 atom stereocenters. The first-order valence-corrected chi connectivity index (χ1v) is 17.3. The summed E-state index contributed by atoms with van der Waals surface area (Å²) in [6, 6.07) is 28.8. The maximum atomic E-state index is 9.24. The van der Waals surface area contributed by atoms with Gasteiger partial charge in [0, 0.05) is 61.4 Å². The summed E-state index contributed by atoms with van der Waals surface area (Å²) < 4.78 is 2.38. The molecule has 7 nitrogen and oxygen atoms in total. The molecule has 0 spiro atoms. The van der Waals surface area contributed by atoms with Crippen molar-refractivity contribution in [3.8, 4) is 22.3 Å². The van der Waals surface area contributed by atoms with Crippen molar-refractivity contribution in [1.29, 1.82) is 0 Å². The molecule has 0 fully saturated rings. The third-order valence-electron chi connectivity index (χ3n) is 7.91. The molecule has 8 rings (SSSR count). The highest BCUT2D eigenvalue weighted by Crippen LogP contribution is 2.30. The molecule has 0 unspecified atom stereocenters. The molecule has 6 heterocycles. The van der Waals surface area contributed by atoms with Crippen molar-refractivity contribution < 1.29 is 5.11 Å². The van der Waals surface area contributed by atoms with E-state index in [0.717, 1.165) is 61.1 Å².